The van der Waals surface area contributed by atoms with E-state index in [-0.39, 0.29) is 37.0 Å². The van der Waals surface area contributed by atoms with E-state index in [1.165, 1.54) is 0 Å². The number of carbonyl (C=O) groups excluding carboxylic acids is 3. The molecule has 4 rings (SSSR count). The van der Waals surface area contributed by atoms with Crippen LogP contribution < -0.4 is 0 Å². The third kappa shape index (κ3) is 4.54. The molecule has 0 aromatic heterocycles. The van der Waals surface area contributed by atoms with Gasteiger partial charge in [-0.15, -0.1) is 13.2 Å². The van der Waals surface area contributed by atoms with E-state index in [0.29, 0.717) is 25.8 Å². The van der Waals surface area contributed by atoms with E-state index in [0.717, 1.165) is 32.1 Å². The summed E-state index contributed by atoms with van der Waals surface area (Å²) >= 11 is 0. The Bertz CT molecular complexity index is 914. The zero-order chi connectivity index (χ0) is 27.0. The molecule has 206 valence electrons. The highest BCUT2D eigenvalue weighted by Gasteiger charge is 2.79. The molecular formula is C29H44N2O6. The SMILES string of the molecule is C=CCCOC(=O)[C@H]1[C@H]2C(=O)N([C@@H](CO)C(C)C)C(C(=O)N(CC=C)C3CCCCC3)C23CC[C@]1(C)O3. The molecule has 0 aromatic rings. The molecule has 4 aliphatic rings. The molecule has 37 heavy (non-hydrogen) atoms. The van der Waals surface area contributed by atoms with Crippen molar-refractivity contribution in [2.75, 3.05) is 19.8 Å². The Morgan fingerprint density at radius 1 is 1.22 bits per heavy atom. The molecule has 2 bridgehead atoms. The van der Waals surface area contributed by atoms with Crippen molar-refractivity contribution in [1.29, 1.82) is 0 Å². The van der Waals surface area contributed by atoms with Gasteiger partial charge in [-0.1, -0.05) is 45.3 Å². The minimum atomic E-state index is -1.12. The Labute approximate surface area is 221 Å². The number of aliphatic hydroxyl groups is 1. The summed E-state index contributed by atoms with van der Waals surface area (Å²) in [5.74, 6) is -2.62. The fourth-order valence-electron chi connectivity index (χ4n) is 7.42. The highest BCUT2D eigenvalue weighted by Crippen LogP contribution is 2.64. The second-order valence-corrected chi connectivity index (χ2v) is 11.8. The molecule has 8 heteroatoms. The molecule has 6 atom stereocenters. The highest BCUT2D eigenvalue weighted by molar-refractivity contribution is 5.99. The molecule has 1 aliphatic carbocycles. The van der Waals surface area contributed by atoms with Gasteiger partial charge in [0.2, 0.25) is 11.8 Å². The molecule has 3 saturated heterocycles. The average Bonchev–Trinajstić information content (AvgIpc) is 3.44. The molecule has 2 unspecified atom stereocenters. The van der Waals surface area contributed by atoms with Gasteiger partial charge in [-0.2, -0.15) is 0 Å². The van der Waals surface area contributed by atoms with E-state index in [4.69, 9.17) is 9.47 Å². The standard InChI is InChI=1S/C29H44N2O6/c1-6-8-17-36-27(35)23-22-25(33)31(21(18-32)19(3)4)24(29(22)15-14-28(23,5)37-29)26(34)30(16-7-2)20-12-10-9-11-13-20/h6-7,19-24,32H,1-2,8-18H2,3-5H3/t21-,22-,23+,24?,28-,29?/m0/s1. The van der Waals surface area contributed by atoms with Gasteiger partial charge in [-0.3, -0.25) is 14.4 Å². The lowest BCUT2D eigenvalue weighted by Crippen LogP contribution is -2.61. The fourth-order valence-corrected chi connectivity index (χ4v) is 7.42. The summed E-state index contributed by atoms with van der Waals surface area (Å²) in [6.07, 6.45) is 10.1. The van der Waals surface area contributed by atoms with Crippen molar-refractivity contribution in [1.82, 2.24) is 9.80 Å². The Kier molecular flexibility index (Phi) is 8.19. The van der Waals surface area contributed by atoms with Crippen LogP contribution in [0.2, 0.25) is 0 Å². The van der Waals surface area contributed by atoms with Crippen LogP contribution in [-0.4, -0.2) is 81.8 Å². The van der Waals surface area contributed by atoms with Gasteiger partial charge >= 0.3 is 5.97 Å². The summed E-state index contributed by atoms with van der Waals surface area (Å²) in [6, 6.07) is -1.39. The van der Waals surface area contributed by atoms with Gasteiger partial charge in [0.25, 0.3) is 0 Å². The first-order valence-corrected chi connectivity index (χ1v) is 14.0. The number of likely N-dealkylation sites (tertiary alicyclic amines) is 1. The Balaban J connectivity index is 1.77. The summed E-state index contributed by atoms with van der Waals surface area (Å²) in [5, 5.41) is 10.4. The largest absolute Gasteiger partial charge is 0.465 e. The van der Waals surface area contributed by atoms with E-state index in [1.54, 1.807) is 17.1 Å². The van der Waals surface area contributed by atoms with E-state index in [2.05, 4.69) is 13.2 Å². The number of rotatable bonds is 11. The van der Waals surface area contributed by atoms with Crippen LogP contribution in [0.25, 0.3) is 0 Å². The van der Waals surface area contributed by atoms with Crippen LogP contribution in [0.3, 0.4) is 0 Å². The molecule has 0 radical (unpaired) electrons. The lowest BCUT2D eigenvalue weighted by molar-refractivity contribution is -0.163. The van der Waals surface area contributed by atoms with Gasteiger partial charge in [-0.05, 0) is 44.9 Å². The quantitative estimate of drug-likeness (QED) is 0.257. The normalized spacial score (nSPS) is 33.9. The van der Waals surface area contributed by atoms with Crippen LogP contribution in [-0.2, 0) is 23.9 Å². The Morgan fingerprint density at radius 2 is 1.92 bits per heavy atom. The van der Waals surface area contributed by atoms with Crippen molar-refractivity contribution in [2.45, 2.75) is 101 Å². The first-order chi connectivity index (χ1) is 17.7. The van der Waals surface area contributed by atoms with Gasteiger partial charge in [0, 0.05) is 12.6 Å². The fraction of sp³-hybridized carbons (Fsp3) is 0.759. The lowest BCUT2D eigenvalue weighted by Gasteiger charge is -2.43. The third-order valence-corrected chi connectivity index (χ3v) is 9.21. The van der Waals surface area contributed by atoms with E-state index < -0.39 is 41.1 Å². The van der Waals surface area contributed by atoms with Crippen molar-refractivity contribution in [3.8, 4) is 0 Å². The Morgan fingerprint density at radius 3 is 2.51 bits per heavy atom. The van der Waals surface area contributed by atoms with Gasteiger partial charge < -0.3 is 24.4 Å². The first-order valence-electron chi connectivity index (χ1n) is 14.0. The molecule has 1 spiro atoms. The molecule has 3 aliphatic heterocycles. The van der Waals surface area contributed by atoms with Gasteiger partial charge in [-0.25, -0.2) is 0 Å². The minimum Gasteiger partial charge on any atom is -0.465 e. The van der Waals surface area contributed by atoms with Crippen molar-refractivity contribution in [3.05, 3.63) is 25.3 Å². The molecule has 1 saturated carbocycles. The maximum atomic E-state index is 14.5. The number of fused-ring (bicyclic) bond motifs is 1. The van der Waals surface area contributed by atoms with Crippen LogP contribution in [0.15, 0.2) is 25.3 Å². The van der Waals surface area contributed by atoms with E-state index >= 15 is 0 Å². The minimum absolute atomic E-state index is 0.0760. The molecular weight excluding hydrogens is 472 g/mol. The van der Waals surface area contributed by atoms with Crippen LogP contribution in [0, 0.1) is 17.8 Å². The number of aliphatic hydroxyl groups excluding tert-OH is 1. The lowest BCUT2D eigenvalue weighted by atomic mass is 9.66. The Hall–Kier alpha value is -2.19. The second-order valence-electron chi connectivity index (χ2n) is 11.8. The van der Waals surface area contributed by atoms with Crippen molar-refractivity contribution < 1.29 is 29.0 Å². The molecule has 8 nitrogen and oxygen atoms in total. The first kappa shape index (κ1) is 27.8. The molecule has 1 N–H and O–H groups in total. The van der Waals surface area contributed by atoms with Crippen molar-refractivity contribution >= 4 is 17.8 Å². The maximum Gasteiger partial charge on any atom is 0.312 e. The zero-order valence-corrected chi connectivity index (χ0v) is 22.7. The monoisotopic (exact) mass is 516 g/mol. The number of carbonyl (C=O) groups is 3. The van der Waals surface area contributed by atoms with Crippen molar-refractivity contribution in [3.63, 3.8) is 0 Å². The van der Waals surface area contributed by atoms with E-state index in [9.17, 15) is 19.5 Å². The van der Waals surface area contributed by atoms with Crippen LogP contribution >= 0.6 is 0 Å². The number of hydrogen-bond donors (Lipinski definition) is 1. The molecule has 0 aromatic carbocycles. The third-order valence-electron chi connectivity index (χ3n) is 9.21. The average molecular weight is 517 g/mol. The number of hydrogen-bond acceptors (Lipinski definition) is 6. The van der Waals surface area contributed by atoms with Gasteiger partial charge in [0.1, 0.15) is 17.6 Å². The second kappa shape index (κ2) is 10.9. The summed E-state index contributed by atoms with van der Waals surface area (Å²) in [5.41, 5.74) is -2.00. The van der Waals surface area contributed by atoms with Gasteiger partial charge in [0.15, 0.2) is 0 Å². The molecule has 2 amide bonds. The number of esters is 1. The predicted molar refractivity (Wildman–Crippen MR) is 139 cm³/mol. The summed E-state index contributed by atoms with van der Waals surface area (Å²) in [4.78, 5) is 45.6. The van der Waals surface area contributed by atoms with Crippen LogP contribution in [0.1, 0.15) is 72.1 Å². The van der Waals surface area contributed by atoms with Crippen LogP contribution in [0.5, 0.6) is 0 Å². The van der Waals surface area contributed by atoms with Gasteiger partial charge in [0.05, 0.1) is 30.8 Å². The zero-order valence-electron chi connectivity index (χ0n) is 22.7. The van der Waals surface area contributed by atoms with E-state index in [1.807, 2.05) is 25.7 Å². The number of ether oxygens (including phenoxy) is 2. The molecule has 4 fully saturated rings. The topological polar surface area (TPSA) is 96.4 Å². The summed E-state index contributed by atoms with van der Waals surface area (Å²) in [6.45, 7) is 13.6. The molecule has 3 heterocycles. The number of nitrogens with zero attached hydrogens (tertiary/aromatic N) is 2. The highest BCUT2D eigenvalue weighted by atomic mass is 16.6. The maximum absolute atomic E-state index is 14.5. The van der Waals surface area contributed by atoms with Crippen LogP contribution in [0.4, 0.5) is 0 Å². The summed E-state index contributed by atoms with van der Waals surface area (Å²) < 4.78 is 12.3. The summed E-state index contributed by atoms with van der Waals surface area (Å²) in [7, 11) is 0. The predicted octanol–water partition coefficient (Wildman–Crippen LogP) is 3.23. The van der Waals surface area contributed by atoms with Crippen molar-refractivity contribution in [2.24, 2.45) is 17.8 Å². The number of amides is 2. The smallest absolute Gasteiger partial charge is 0.312 e.